The molecule has 0 aromatic heterocycles. The number of hydrogen-bond acceptors (Lipinski definition) is 0. The van der Waals surface area contributed by atoms with Crippen molar-refractivity contribution < 1.29 is 41.1 Å². The molecule has 0 amide bonds. The van der Waals surface area contributed by atoms with Crippen molar-refractivity contribution in [1.29, 1.82) is 0 Å². The van der Waals surface area contributed by atoms with E-state index in [1.807, 2.05) is 0 Å². The van der Waals surface area contributed by atoms with Gasteiger partial charge in [0.15, 0.2) is 0 Å². The van der Waals surface area contributed by atoms with Gasteiger partial charge in [-0.1, -0.05) is 0 Å². The van der Waals surface area contributed by atoms with Gasteiger partial charge in [-0.25, -0.2) is 0 Å². The smallest absolute Gasteiger partial charge is 1.00 e. The Morgan fingerprint density at radius 2 is 1.05 bits per heavy atom. The molecule has 2 aromatic rings. The molecule has 21 heavy (non-hydrogen) atoms. The van der Waals surface area contributed by atoms with E-state index in [9.17, 15) is 0 Å². The van der Waals surface area contributed by atoms with Gasteiger partial charge in [0.05, 0.1) is 0 Å². The van der Waals surface area contributed by atoms with Gasteiger partial charge in [0, 0.05) is 0 Å². The molecule has 0 saturated heterocycles. The summed E-state index contributed by atoms with van der Waals surface area (Å²) in [5, 5.41) is 0. The van der Waals surface area contributed by atoms with Crippen LogP contribution >= 0.6 is 0 Å². The van der Waals surface area contributed by atoms with Crippen LogP contribution in [-0.2, 0) is 16.3 Å². The maximum Gasteiger partial charge on any atom is -1.00 e. The van der Waals surface area contributed by atoms with Gasteiger partial charge in [-0.15, -0.1) is 0 Å². The Hall–Kier alpha value is -0.916. The van der Waals surface area contributed by atoms with Crippen LogP contribution in [0.25, 0.3) is 12.2 Å². The number of benzene rings is 2. The molecular formula is C18H14Cl2V. The summed E-state index contributed by atoms with van der Waals surface area (Å²) in [4.78, 5) is 0. The first kappa shape index (κ1) is 16.5. The second kappa shape index (κ2) is 6.90. The first-order chi connectivity index (χ1) is 9.42. The predicted molar refractivity (Wildman–Crippen MR) is 76.4 cm³/mol. The molecule has 0 aliphatic heterocycles. The average Bonchev–Trinajstić information content (AvgIpc) is 3.05. The second-order valence-corrected chi connectivity index (χ2v) is 7.22. The summed E-state index contributed by atoms with van der Waals surface area (Å²) < 4.78 is 1.32. The summed E-state index contributed by atoms with van der Waals surface area (Å²) in [7, 11) is 0. The Morgan fingerprint density at radius 3 is 1.52 bits per heavy atom. The SMILES string of the molecule is C1=C[CH]([V+2][CH]2C=Cc3ccccc32)c2ccccc21.[Cl-].[Cl-]. The van der Waals surface area contributed by atoms with Crippen LogP contribution < -0.4 is 24.8 Å². The van der Waals surface area contributed by atoms with Crippen LogP contribution in [0.5, 0.6) is 0 Å². The fourth-order valence-electron chi connectivity index (χ4n) is 2.89. The number of fused-ring (bicyclic) bond motifs is 2. The summed E-state index contributed by atoms with van der Waals surface area (Å²) in [6.07, 6.45) is 9.39. The van der Waals surface area contributed by atoms with Gasteiger partial charge in [-0.05, 0) is 0 Å². The van der Waals surface area contributed by atoms with E-state index in [2.05, 4.69) is 72.8 Å². The Bertz CT molecular complexity index is 632. The van der Waals surface area contributed by atoms with Gasteiger partial charge in [0.25, 0.3) is 0 Å². The van der Waals surface area contributed by atoms with E-state index in [1.54, 1.807) is 0 Å². The molecule has 3 heteroatoms. The minimum absolute atomic E-state index is 0. The number of allylic oxidation sites excluding steroid dienone is 2. The van der Waals surface area contributed by atoms with E-state index in [4.69, 9.17) is 0 Å². The summed E-state index contributed by atoms with van der Waals surface area (Å²) in [5.74, 6) is 0. The standard InChI is InChI=1S/2C9H7.2ClH.V/c2*1-2-5-9-7-3-6-8(9)4-1;;;/h2*1-7H;2*1H;/q;;;;+2/p-2. The Kier molecular flexibility index (Phi) is 5.40. The van der Waals surface area contributed by atoms with Crippen LogP contribution in [0, 0.1) is 0 Å². The van der Waals surface area contributed by atoms with Crippen LogP contribution in [0.1, 0.15) is 31.5 Å². The van der Waals surface area contributed by atoms with Gasteiger partial charge >= 0.3 is 121 Å². The maximum atomic E-state index is 2.40. The third-order valence-corrected chi connectivity index (χ3v) is 6.28. The molecule has 2 atom stereocenters. The monoisotopic (exact) mass is 351 g/mol. The molecule has 4 rings (SSSR count). The molecule has 0 fully saturated rings. The minimum atomic E-state index is 0. The Balaban J connectivity index is 0.000000807. The van der Waals surface area contributed by atoms with Gasteiger partial charge in [-0.3, -0.25) is 0 Å². The average molecular weight is 352 g/mol. The molecule has 2 aliphatic carbocycles. The van der Waals surface area contributed by atoms with Crippen molar-refractivity contribution in [3.63, 3.8) is 0 Å². The molecule has 0 saturated carbocycles. The topological polar surface area (TPSA) is 0 Å². The van der Waals surface area contributed by atoms with Gasteiger partial charge in [0.1, 0.15) is 0 Å². The maximum absolute atomic E-state index is 2.40. The van der Waals surface area contributed by atoms with Crippen LogP contribution in [-0.4, -0.2) is 0 Å². The molecule has 0 bridgehead atoms. The summed E-state index contributed by atoms with van der Waals surface area (Å²) in [6.45, 7) is 0. The first-order valence-corrected chi connectivity index (χ1v) is 8.27. The van der Waals surface area contributed by atoms with Crippen LogP contribution in [0.2, 0.25) is 0 Å². The normalized spacial score (nSPS) is 20.0. The molecular weight excluding hydrogens is 338 g/mol. The third kappa shape index (κ3) is 3.00. The van der Waals surface area contributed by atoms with Crippen molar-refractivity contribution in [3.8, 4) is 0 Å². The van der Waals surface area contributed by atoms with E-state index in [-0.39, 0.29) is 41.1 Å². The molecule has 0 spiro atoms. The largest absolute Gasteiger partial charge is 1.00 e. The van der Waals surface area contributed by atoms with Crippen molar-refractivity contribution in [1.82, 2.24) is 0 Å². The van der Waals surface area contributed by atoms with E-state index in [0.717, 1.165) is 0 Å². The summed E-state index contributed by atoms with van der Waals surface area (Å²) in [6, 6.07) is 17.6. The van der Waals surface area contributed by atoms with E-state index < -0.39 is 0 Å². The molecule has 2 aromatic carbocycles. The van der Waals surface area contributed by atoms with Crippen molar-refractivity contribution in [2.24, 2.45) is 0 Å². The van der Waals surface area contributed by atoms with Gasteiger partial charge in [-0.2, -0.15) is 0 Å². The van der Waals surface area contributed by atoms with E-state index in [1.165, 1.54) is 22.3 Å². The molecule has 0 radical (unpaired) electrons. The number of rotatable bonds is 2. The Morgan fingerprint density at radius 1 is 0.619 bits per heavy atom. The van der Waals surface area contributed by atoms with E-state index >= 15 is 0 Å². The van der Waals surface area contributed by atoms with Crippen LogP contribution in [0.3, 0.4) is 0 Å². The quantitative estimate of drug-likeness (QED) is 0.625. The summed E-state index contributed by atoms with van der Waals surface area (Å²) in [5.41, 5.74) is 5.89. The molecule has 2 unspecified atom stereocenters. The van der Waals surface area contributed by atoms with Crippen molar-refractivity contribution in [3.05, 3.63) is 82.9 Å². The Labute approximate surface area is 145 Å². The zero-order chi connectivity index (χ0) is 12.7. The minimum Gasteiger partial charge on any atom is -1.00 e. The molecule has 0 nitrogen and oxygen atoms in total. The number of halogens is 2. The van der Waals surface area contributed by atoms with Crippen molar-refractivity contribution in [2.45, 2.75) is 9.26 Å². The van der Waals surface area contributed by atoms with Crippen LogP contribution in [0.4, 0.5) is 0 Å². The zero-order valence-electron chi connectivity index (χ0n) is 11.3. The number of hydrogen-bond donors (Lipinski definition) is 0. The van der Waals surface area contributed by atoms with Gasteiger partial charge in [0.2, 0.25) is 0 Å². The zero-order valence-corrected chi connectivity index (χ0v) is 14.2. The predicted octanol–water partition coefficient (Wildman–Crippen LogP) is -1.39. The van der Waals surface area contributed by atoms with Crippen molar-refractivity contribution >= 4 is 12.2 Å². The van der Waals surface area contributed by atoms with Crippen molar-refractivity contribution in [2.75, 3.05) is 0 Å². The van der Waals surface area contributed by atoms with Crippen LogP contribution in [0.15, 0.2) is 60.7 Å². The molecule has 0 heterocycles. The second-order valence-electron chi connectivity index (χ2n) is 5.01. The first-order valence-electron chi connectivity index (χ1n) is 6.66. The summed E-state index contributed by atoms with van der Waals surface area (Å²) >= 11 is 0.231. The molecule has 0 N–H and O–H groups in total. The van der Waals surface area contributed by atoms with Gasteiger partial charge < -0.3 is 24.8 Å². The van der Waals surface area contributed by atoms with E-state index in [0.29, 0.717) is 9.26 Å². The molecule has 2 aliphatic rings. The fraction of sp³-hybridized carbons (Fsp3) is 0.111. The fourth-order valence-corrected chi connectivity index (χ4v) is 5.25. The third-order valence-electron chi connectivity index (χ3n) is 3.87. The molecule has 105 valence electrons.